The highest BCUT2D eigenvalue weighted by molar-refractivity contribution is 7.33. The summed E-state index contributed by atoms with van der Waals surface area (Å²) in [6.45, 7) is 8.89. The second kappa shape index (κ2) is 14.7. The number of rotatable bonds is 6. The monoisotopic (exact) mass is 210 g/mol. The highest BCUT2D eigenvalue weighted by atomic mass is 31.1. The molecule has 0 aromatic heterocycles. The fourth-order valence-electron chi connectivity index (χ4n) is 0.631. The Morgan fingerprint density at radius 2 is 1.31 bits per heavy atom. The first-order valence-corrected chi connectivity index (χ1v) is 6.24. The fraction of sp³-hybridized carbons (Fsp3) is 1.00. The molecule has 0 aromatic carbocycles. The standard InChI is InChI=1S/C5H12.C4H11O3P/c1-3-5-4-2;1-3-6-8(5)7-4-2/h3-5H2,1-2H3;8H,3-4H2,1-2H3. The average molecular weight is 210 g/mol. The van der Waals surface area contributed by atoms with Gasteiger partial charge in [0.1, 0.15) is 0 Å². The van der Waals surface area contributed by atoms with Crippen LogP contribution in [0, 0.1) is 0 Å². The van der Waals surface area contributed by atoms with Crippen molar-refractivity contribution >= 4 is 8.25 Å². The van der Waals surface area contributed by atoms with Crippen molar-refractivity contribution < 1.29 is 13.6 Å². The molecule has 3 nitrogen and oxygen atoms in total. The fourth-order valence-corrected chi connectivity index (χ4v) is 1.19. The largest absolute Gasteiger partial charge is 0.319 e. The molecule has 0 radical (unpaired) electrons. The summed E-state index contributed by atoms with van der Waals surface area (Å²) in [4.78, 5) is 0. The molecule has 82 valence electrons. The van der Waals surface area contributed by atoms with Crippen molar-refractivity contribution in [3.8, 4) is 0 Å². The quantitative estimate of drug-likeness (QED) is 0.628. The van der Waals surface area contributed by atoms with E-state index in [1.165, 1.54) is 19.3 Å². The minimum absolute atomic E-state index is 0.456. The molecule has 0 amide bonds. The van der Waals surface area contributed by atoms with Crippen LogP contribution >= 0.6 is 8.25 Å². The van der Waals surface area contributed by atoms with Crippen LogP contribution in [0.25, 0.3) is 0 Å². The van der Waals surface area contributed by atoms with Gasteiger partial charge < -0.3 is 9.05 Å². The van der Waals surface area contributed by atoms with Gasteiger partial charge in [0, 0.05) is 0 Å². The summed E-state index contributed by atoms with van der Waals surface area (Å²) >= 11 is 0. The van der Waals surface area contributed by atoms with E-state index in [4.69, 9.17) is 0 Å². The molecule has 0 aliphatic rings. The summed E-state index contributed by atoms with van der Waals surface area (Å²) in [5, 5.41) is 0. The van der Waals surface area contributed by atoms with Gasteiger partial charge in [-0.15, -0.1) is 0 Å². The lowest BCUT2D eigenvalue weighted by atomic mass is 10.3. The average Bonchev–Trinajstić information content (AvgIpc) is 2.08. The maximum atomic E-state index is 10.4. The highest BCUT2D eigenvalue weighted by Gasteiger charge is 1.91. The third-order valence-electron chi connectivity index (χ3n) is 1.23. The van der Waals surface area contributed by atoms with Gasteiger partial charge in [-0.25, -0.2) is 0 Å². The van der Waals surface area contributed by atoms with E-state index in [2.05, 4.69) is 22.9 Å². The third-order valence-corrected chi connectivity index (χ3v) is 2.28. The summed E-state index contributed by atoms with van der Waals surface area (Å²) in [6.07, 6.45) is 4.08. The van der Waals surface area contributed by atoms with Crippen LogP contribution in [0.15, 0.2) is 0 Å². The molecule has 0 aromatic rings. The van der Waals surface area contributed by atoms with Crippen molar-refractivity contribution in [1.29, 1.82) is 0 Å². The summed E-state index contributed by atoms with van der Waals surface area (Å²) in [5.41, 5.74) is 0. The molecule has 0 rings (SSSR count). The molecular formula is C9H23O3P. The van der Waals surface area contributed by atoms with Gasteiger partial charge in [-0.05, 0) is 13.8 Å². The second-order valence-electron chi connectivity index (χ2n) is 2.47. The molecule has 0 fully saturated rings. The molecule has 0 heterocycles. The zero-order valence-electron chi connectivity index (χ0n) is 9.26. The van der Waals surface area contributed by atoms with Crippen molar-refractivity contribution in [1.82, 2.24) is 0 Å². The van der Waals surface area contributed by atoms with E-state index in [0.717, 1.165) is 0 Å². The molecule has 0 bridgehead atoms. The van der Waals surface area contributed by atoms with Crippen LogP contribution in [0.3, 0.4) is 0 Å². The van der Waals surface area contributed by atoms with E-state index in [9.17, 15) is 4.57 Å². The lowest BCUT2D eigenvalue weighted by Crippen LogP contribution is -1.81. The van der Waals surface area contributed by atoms with E-state index >= 15 is 0 Å². The Morgan fingerprint density at radius 3 is 1.46 bits per heavy atom. The van der Waals surface area contributed by atoms with Crippen LogP contribution in [0.5, 0.6) is 0 Å². The number of unbranched alkanes of at least 4 members (excludes halogenated alkanes) is 2. The van der Waals surface area contributed by atoms with Gasteiger partial charge in [0.15, 0.2) is 0 Å². The molecule has 0 aliphatic carbocycles. The molecular weight excluding hydrogens is 187 g/mol. The maximum Gasteiger partial charge on any atom is 0.319 e. The van der Waals surface area contributed by atoms with Gasteiger partial charge in [-0.1, -0.05) is 33.1 Å². The number of hydrogen-bond donors (Lipinski definition) is 0. The van der Waals surface area contributed by atoms with Crippen LogP contribution in [0.2, 0.25) is 0 Å². The summed E-state index contributed by atoms with van der Waals surface area (Å²) < 4.78 is 19.6. The molecule has 0 saturated carbocycles. The van der Waals surface area contributed by atoms with E-state index in [0.29, 0.717) is 13.2 Å². The van der Waals surface area contributed by atoms with Gasteiger partial charge >= 0.3 is 8.25 Å². The van der Waals surface area contributed by atoms with E-state index < -0.39 is 8.25 Å². The molecule has 0 spiro atoms. The zero-order chi connectivity index (χ0) is 10.5. The van der Waals surface area contributed by atoms with Crippen LogP contribution in [-0.4, -0.2) is 13.2 Å². The van der Waals surface area contributed by atoms with Gasteiger partial charge in [-0.2, -0.15) is 0 Å². The Hall–Kier alpha value is 0.150. The molecule has 0 aliphatic heterocycles. The molecule has 13 heavy (non-hydrogen) atoms. The molecule has 0 saturated heterocycles. The van der Waals surface area contributed by atoms with E-state index in [1.807, 2.05) is 0 Å². The normalized spacial score (nSPS) is 9.62. The van der Waals surface area contributed by atoms with E-state index in [1.54, 1.807) is 13.8 Å². The first-order chi connectivity index (χ1) is 6.22. The van der Waals surface area contributed by atoms with E-state index in [-0.39, 0.29) is 0 Å². The molecule has 0 N–H and O–H groups in total. The van der Waals surface area contributed by atoms with Gasteiger partial charge in [0.05, 0.1) is 13.2 Å². The van der Waals surface area contributed by atoms with Crippen LogP contribution in [0.4, 0.5) is 0 Å². The van der Waals surface area contributed by atoms with Crippen molar-refractivity contribution in [2.45, 2.75) is 47.0 Å². The molecule has 4 heteroatoms. The lowest BCUT2D eigenvalue weighted by molar-refractivity contribution is 0.243. The Labute approximate surface area is 82.8 Å². The minimum atomic E-state index is -2.14. The lowest BCUT2D eigenvalue weighted by Gasteiger charge is -1.97. The summed E-state index contributed by atoms with van der Waals surface area (Å²) in [6, 6.07) is 0. The van der Waals surface area contributed by atoms with Gasteiger partial charge in [-0.3, -0.25) is 4.57 Å². The Balaban J connectivity index is 0. The van der Waals surface area contributed by atoms with Crippen molar-refractivity contribution in [3.05, 3.63) is 0 Å². The van der Waals surface area contributed by atoms with Crippen molar-refractivity contribution in [3.63, 3.8) is 0 Å². The van der Waals surface area contributed by atoms with Crippen LogP contribution in [0.1, 0.15) is 47.0 Å². The Kier molecular flexibility index (Phi) is 17.6. The van der Waals surface area contributed by atoms with Gasteiger partial charge in [0.25, 0.3) is 0 Å². The minimum Gasteiger partial charge on any atom is -0.311 e. The smallest absolute Gasteiger partial charge is 0.311 e. The summed E-state index contributed by atoms with van der Waals surface area (Å²) in [7, 11) is -2.14. The van der Waals surface area contributed by atoms with Crippen molar-refractivity contribution in [2.75, 3.05) is 13.2 Å². The third kappa shape index (κ3) is 18.8. The highest BCUT2D eigenvalue weighted by Crippen LogP contribution is 2.21. The predicted molar refractivity (Wildman–Crippen MR) is 57.5 cm³/mol. The van der Waals surface area contributed by atoms with Crippen LogP contribution < -0.4 is 0 Å². The predicted octanol–water partition coefficient (Wildman–Crippen LogP) is 3.65. The molecule has 0 atom stereocenters. The molecule has 0 unspecified atom stereocenters. The SMILES string of the molecule is CCCCC.CCO[PH](=O)OCC. The van der Waals surface area contributed by atoms with Crippen LogP contribution in [-0.2, 0) is 13.6 Å². The van der Waals surface area contributed by atoms with Gasteiger partial charge in [0.2, 0.25) is 0 Å². The topological polar surface area (TPSA) is 35.5 Å². The Bertz CT molecular complexity index is 97.0. The number of hydrogen-bond acceptors (Lipinski definition) is 3. The van der Waals surface area contributed by atoms with Crippen molar-refractivity contribution in [2.24, 2.45) is 0 Å². The maximum absolute atomic E-state index is 10.4. The second-order valence-corrected chi connectivity index (χ2v) is 3.55. The first-order valence-electron chi connectivity index (χ1n) is 5.02. The Morgan fingerprint density at radius 1 is 0.923 bits per heavy atom. The zero-order valence-corrected chi connectivity index (χ0v) is 10.3. The summed E-state index contributed by atoms with van der Waals surface area (Å²) in [5.74, 6) is 0. The first kappa shape index (κ1) is 15.6.